The molecule has 1 aromatic carbocycles. The van der Waals surface area contributed by atoms with Gasteiger partial charge in [0.2, 0.25) is 0 Å². The van der Waals surface area contributed by atoms with Gasteiger partial charge in [-0.25, -0.2) is 0 Å². The molecule has 0 amide bonds. The van der Waals surface area contributed by atoms with Crippen LogP contribution in [0.25, 0.3) is 0 Å². The van der Waals surface area contributed by atoms with Gasteiger partial charge in [-0.05, 0) is 17.0 Å². The third kappa shape index (κ3) is 3.26. The minimum Gasteiger partial charge on any atom is -0.305 e. The Morgan fingerprint density at radius 2 is 2.06 bits per heavy atom. The van der Waals surface area contributed by atoms with Gasteiger partial charge >= 0.3 is 0 Å². The number of hydrogen-bond acceptors (Lipinski definition) is 4. The van der Waals surface area contributed by atoms with E-state index in [2.05, 4.69) is 5.48 Å². The molecule has 2 aromatic rings. The lowest BCUT2D eigenvalue weighted by molar-refractivity contribution is 0.0546. The van der Waals surface area contributed by atoms with Gasteiger partial charge in [0.1, 0.15) is 0 Å². The third-order valence-corrected chi connectivity index (χ3v) is 3.56. The van der Waals surface area contributed by atoms with Crippen LogP contribution in [0, 0.1) is 0 Å². The lowest BCUT2D eigenvalue weighted by Gasteiger charge is -2.16. The van der Waals surface area contributed by atoms with Crippen molar-refractivity contribution in [1.29, 1.82) is 0 Å². The number of carbonyl (C=O) groups excluding carboxylic acids is 1. The molecule has 0 aliphatic heterocycles. The molecule has 0 radical (unpaired) electrons. The number of thiophene rings is 1. The fourth-order valence-corrected chi connectivity index (χ4v) is 2.45. The number of rotatable bonds is 6. The summed E-state index contributed by atoms with van der Waals surface area (Å²) in [7, 11) is 1.56. The van der Waals surface area contributed by atoms with Crippen molar-refractivity contribution in [2.45, 2.75) is 12.5 Å². The minimum absolute atomic E-state index is 0.120. The molecule has 0 saturated heterocycles. The Morgan fingerprint density at radius 3 is 2.67 bits per heavy atom. The van der Waals surface area contributed by atoms with Gasteiger partial charge in [-0.15, -0.1) is 11.3 Å². The van der Waals surface area contributed by atoms with E-state index < -0.39 is 0 Å². The van der Waals surface area contributed by atoms with Gasteiger partial charge in [0, 0.05) is 6.42 Å². The van der Waals surface area contributed by atoms with Crippen LogP contribution in [0.1, 0.15) is 27.7 Å². The Bertz CT molecular complexity index is 482. The van der Waals surface area contributed by atoms with E-state index in [4.69, 9.17) is 4.84 Å². The molecule has 1 aromatic heterocycles. The van der Waals surface area contributed by atoms with Crippen LogP contribution < -0.4 is 5.48 Å². The van der Waals surface area contributed by atoms with Gasteiger partial charge in [0.15, 0.2) is 5.78 Å². The van der Waals surface area contributed by atoms with Crippen LogP contribution in [0.15, 0.2) is 47.8 Å². The Morgan fingerprint density at radius 1 is 1.28 bits per heavy atom. The monoisotopic (exact) mass is 261 g/mol. The van der Waals surface area contributed by atoms with Gasteiger partial charge in [-0.1, -0.05) is 36.4 Å². The molecular weight excluding hydrogens is 246 g/mol. The number of benzene rings is 1. The van der Waals surface area contributed by atoms with E-state index in [0.717, 1.165) is 10.4 Å². The summed E-state index contributed by atoms with van der Waals surface area (Å²) in [6.45, 7) is 0. The zero-order chi connectivity index (χ0) is 12.8. The average Bonchev–Trinajstić information content (AvgIpc) is 2.93. The highest BCUT2D eigenvalue weighted by Crippen LogP contribution is 2.21. The van der Waals surface area contributed by atoms with Gasteiger partial charge in [-0.2, -0.15) is 5.48 Å². The molecule has 0 bridgehead atoms. The Labute approximate surface area is 110 Å². The molecule has 1 atom stereocenters. The second-order valence-electron chi connectivity index (χ2n) is 3.89. The van der Waals surface area contributed by atoms with Crippen LogP contribution in [-0.2, 0) is 4.84 Å². The first-order valence-electron chi connectivity index (χ1n) is 5.71. The fourth-order valence-electron chi connectivity index (χ4n) is 1.78. The normalized spacial score (nSPS) is 12.3. The predicted molar refractivity (Wildman–Crippen MR) is 72.6 cm³/mol. The maximum absolute atomic E-state index is 12.1. The first kappa shape index (κ1) is 13.0. The second-order valence-corrected chi connectivity index (χ2v) is 4.84. The standard InChI is InChI=1S/C14H15NO2S/c1-17-15-12(11-6-3-2-4-7-11)10-13(16)14-8-5-9-18-14/h2-9,12,15H,10H2,1H3/t12-/m0/s1. The number of nitrogens with one attached hydrogen (secondary N) is 1. The van der Waals surface area contributed by atoms with Gasteiger partial charge in [-0.3, -0.25) is 4.79 Å². The van der Waals surface area contributed by atoms with Gasteiger partial charge in [0.05, 0.1) is 18.0 Å². The van der Waals surface area contributed by atoms with Gasteiger partial charge < -0.3 is 4.84 Å². The SMILES string of the molecule is CON[C@@H](CC(=O)c1cccs1)c1ccccc1. The average molecular weight is 261 g/mol. The highest BCUT2D eigenvalue weighted by Gasteiger charge is 2.17. The predicted octanol–water partition coefficient (Wildman–Crippen LogP) is 3.21. The molecule has 0 aliphatic carbocycles. The Kier molecular flexibility index (Phi) is 4.64. The molecule has 0 fully saturated rings. The zero-order valence-corrected chi connectivity index (χ0v) is 10.9. The molecule has 1 N–H and O–H groups in total. The van der Waals surface area contributed by atoms with Crippen molar-refractivity contribution >= 4 is 17.1 Å². The quantitative estimate of drug-likeness (QED) is 0.641. The Hall–Kier alpha value is -1.49. The molecule has 0 unspecified atom stereocenters. The summed E-state index contributed by atoms with van der Waals surface area (Å²) in [6.07, 6.45) is 0.387. The number of hydrogen-bond donors (Lipinski definition) is 1. The van der Waals surface area contributed by atoms with Crippen LogP contribution in [0.2, 0.25) is 0 Å². The van der Waals surface area contributed by atoms with Crippen molar-refractivity contribution in [3.8, 4) is 0 Å². The summed E-state index contributed by atoms with van der Waals surface area (Å²) in [6, 6.07) is 13.4. The zero-order valence-electron chi connectivity index (χ0n) is 10.1. The van der Waals surface area contributed by atoms with E-state index in [-0.39, 0.29) is 11.8 Å². The van der Waals surface area contributed by atoms with Gasteiger partial charge in [0.25, 0.3) is 0 Å². The number of carbonyl (C=O) groups is 1. The van der Waals surface area contributed by atoms with E-state index in [9.17, 15) is 4.79 Å². The van der Waals surface area contributed by atoms with Crippen LogP contribution in [0.3, 0.4) is 0 Å². The van der Waals surface area contributed by atoms with Crippen molar-refractivity contribution in [2.75, 3.05) is 7.11 Å². The maximum atomic E-state index is 12.1. The largest absolute Gasteiger partial charge is 0.305 e. The summed E-state index contributed by atoms with van der Waals surface area (Å²) in [5, 5.41) is 1.91. The van der Waals surface area contributed by atoms with Crippen LogP contribution in [-0.4, -0.2) is 12.9 Å². The maximum Gasteiger partial charge on any atom is 0.174 e. The number of hydroxylamine groups is 1. The van der Waals surface area contributed by atoms with Crippen LogP contribution in [0.4, 0.5) is 0 Å². The summed E-state index contributed by atoms with van der Waals surface area (Å²) < 4.78 is 0. The molecule has 94 valence electrons. The molecule has 2 rings (SSSR count). The van der Waals surface area contributed by atoms with E-state index >= 15 is 0 Å². The van der Waals surface area contributed by atoms with Crippen molar-refractivity contribution < 1.29 is 9.63 Å². The third-order valence-electron chi connectivity index (χ3n) is 2.65. The fraction of sp³-hybridized carbons (Fsp3) is 0.214. The molecule has 0 spiro atoms. The topological polar surface area (TPSA) is 38.3 Å². The summed E-state index contributed by atoms with van der Waals surface area (Å²) in [4.78, 5) is 17.8. The second kappa shape index (κ2) is 6.44. The molecule has 0 saturated carbocycles. The van der Waals surface area contributed by atoms with Crippen molar-refractivity contribution in [3.05, 3.63) is 58.3 Å². The Balaban J connectivity index is 2.10. The van der Waals surface area contributed by atoms with Crippen molar-refractivity contribution in [3.63, 3.8) is 0 Å². The number of Topliss-reactive ketones (excluding diaryl/α,β-unsaturated/α-hetero) is 1. The van der Waals surface area contributed by atoms with E-state index in [1.54, 1.807) is 7.11 Å². The summed E-state index contributed by atoms with van der Waals surface area (Å²) >= 11 is 1.47. The van der Waals surface area contributed by atoms with Crippen LogP contribution in [0.5, 0.6) is 0 Å². The smallest absolute Gasteiger partial charge is 0.174 e. The highest BCUT2D eigenvalue weighted by atomic mass is 32.1. The highest BCUT2D eigenvalue weighted by molar-refractivity contribution is 7.12. The van der Waals surface area contributed by atoms with Crippen molar-refractivity contribution in [1.82, 2.24) is 5.48 Å². The minimum atomic E-state index is -0.120. The summed E-state index contributed by atoms with van der Waals surface area (Å²) in [5.41, 5.74) is 3.92. The molecule has 1 heterocycles. The molecule has 3 nitrogen and oxygen atoms in total. The van der Waals surface area contributed by atoms with E-state index in [0.29, 0.717) is 6.42 Å². The molecule has 4 heteroatoms. The molecule has 18 heavy (non-hydrogen) atoms. The lowest BCUT2D eigenvalue weighted by atomic mass is 10.0. The molecular formula is C14H15NO2S. The van der Waals surface area contributed by atoms with Crippen LogP contribution >= 0.6 is 11.3 Å². The number of ketones is 1. The summed E-state index contributed by atoms with van der Waals surface area (Å²) in [5.74, 6) is 0.128. The first-order chi connectivity index (χ1) is 8.81. The van der Waals surface area contributed by atoms with E-state index in [1.807, 2.05) is 47.8 Å². The molecule has 0 aliphatic rings. The van der Waals surface area contributed by atoms with Crippen molar-refractivity contribution in [2.24, 2.45) is 0 Å². The first-order valence-corrected chi connectivity index (χ1v) is 6.59. The lowest BCUT2D eigenvalue weighted by Crippen LogP contribution is -2.22. The van der Waals surface area contributed by atoms with E-state index in [1.165, 1.54) is 11.3 Å².